The Morgan fingerprint density at radius 2 is 2.00 bits per heavy atom. The molecule has 0 amide bonds. The number of hydrogen-bond donors (Lipinski definition) is 0. The molecule has 1 heterocycles. The first-order chi connectivity index (χ1) is 5.11. The highest BCUT2D eigenvalue weighted by Crippen LogP contribution is 2.25. The number of hydrogen-bond acceptors (Lipinski definition) is 3. The topological polar surface area (TPSA) is 25.8 Å². The summed E-state index contributed by atoms with van der Waals surface area (Å²) in [6, 6.07) is 0. The van der Waals surface area contributed by atoms with Crippen LogP contribution in [0.25, 0.3) is 0 Å². The summed E-state index contributed by atoms with van der Waals surface area (Å²) in [6.07, 6.45) is 0. The molecule has 0 aromatic carbocycles. The van der Waals surface area contributed by atoms with Gasteiger partial charge in [-0.1, -0.05) is 6.92 Å². The Hall–Kier alpha value is -0.150. The van der Waals surface area contributed by atoms with E-state index in [0.717, 1.165) is 10.0 Å². The average molecular weight is 191 g/mol. The summed E-state index contributed by atoms with van der Waals surface area (Å²) in [5, 5.41) is 10.1. The van der Waals surface area contributed by atoms with E-state index >= 15 is 0 Å². The first-order valence-corrected chi connectivity index (χ1v) is 4.80. The number of nitrogens with zero attached hydrogens (tertiary/aromatic N) is 2. The minimum atomic E-state index is 0.127. The summed E-state index contributed by atoms with van der Waals surface area (Å²) < 4.78 is 0. The van der Waals surface area contributed by atoms with Crippen LogP contribution in [0.15, 0.2) is 0 Å². The summed E-state index contributed by atoms with van der Waals surface area (Å²) >= 11 is 7.53. The summed E-state index contributed by atoms with van der Waals surface area (Å²) in [7, 11) is 0. The highest BCUT2D eigenvalue weighted by atomic mass is 35.5. The zero-order chi connectivity index (χ0) is 8.43. The zero-order valence-electron chi connectivity index (χ0n) is 6.84. The second-order valence-electron chi connectivity index (χ2n) is 2.63. The van der Waals surface area contributed by atoms with Crippen LogP contribution >= 0.6 is 22.9 Å². The molecule has 1 rings (SSSR count). The average Bonchev–Trinajstić information content (AvgIpc) is 2.34. The normalized spacial score (nSPS) is 16.4. The van der Waals surface area contributed by atoms with Crippen LogP contribution in [0, 0.1) is 6.92 Å². The molecule has 0 saturated heterocycles. The third kappa shape index (κ3) is 2.14. The van der Waals surface area contributed by atoms with Crippen molar-refractivity contribution < 1.29 is 0 Å². The predicted octanol–water partition coefficient (Wildman–Crippen LogP) is 2.58. The monoisotopic (exact) mass is 190 g/mol. The number of aryl methyl sites for hydroxylation is 1. The summed E-state index contributed by atoms with van der Waals surface area (Å²) in [5.74, 6) is 0.308. The molecular formula is C7H11ClN2S. The molecule has 0 aliphatic carbocycles. The zero-order valence-corrected chi connectivity index (χ0v) is 8.41. The maximum Gasteiger partial charge on any atom is 0.121 e. The standard InChI is InChI=1S/C7H11ClN2S/c1-4(5(2)8)7-10-9-6(3)11-7/h4-5H,1-3H3. The molecule has 0 saturated carbocycles. The van der Waals surface area contributed by atoms with Gasteiger partial charge in [0.1, 0.15) is 10.0 Å². The molecule has 4 heteroatoms. The van der Waals surface area contributed by atoms with Gasteiger partial charge < -0.3 is 0 Å². The highest BCUT2D eigenvalue weighted by molar-refractivity contribution is 7.11. The number of halogens is 1. The fourth-order valence-corrected chi connectivity index (χ4v) is 1.74. The quantitative estimate of drug-likeness (QED) is 0.670. The Morgan fingerprint density at radius 3 is 2.36 bits per heavy atom. The molecule has 0 N–H and O–H groups in total. The van der Waals surface area contributed by atoms with E-state index in [1.807, 2.05) is 13.8 Å². The largest absolute Gasteiger partial charge is 0.144 e. The van der Waals surface area contributed by atoms with Crippen molar-refractivity contribution >= 4 is 22.9 Å². The van der Waals surface area contributed by atoms with Crippen molar-refractivity contribution in [1.82, 2.24) is 10.2 Å². The first kappa shape index (κ1) is 8.94. The van der Waals surface area contributed by atoms with Gasteiger partial charge in [-0.05, 0) is 13.8 Å². The van der Waals surface area contributed by atoms with Crippen LogP contribution in [-0.4, -0.2) is 15.6 Å². The van der Waals surface area contributed by atoms with E-state index in [-0.39, 0.29) is 5.38 Å². The fraction of sp³-hybridized carbons (Fsp3) is 0.714. The second-order valence-corrected chi connectivity index (χ2v) is 4.53. The van der Waals surface area contributed by atoms with Crippen LogP contribution < -0.4 is 0 Å². The maximum absolute atomic E-state index is 5.91. The van der Waals surface area contributed by atoms with Crippen molar-refractivity contribution in [2.24, 2.45) is 0 Å². The van der Waals surface area contributed by atoms with Crippen LogP contribution in [-0.2, 0) is 0 Å². The SMILES string of the molecule is Cc1nnc(C(C)C(C)Cl)s1. The van der Waals surface area contributed by atoms with Crippen LogP contribution in [0.3, 0.4) is 0 Å². The highest BCUT2D eigenvalue weighted by Gasteiger charge is 2.15. The first-order valence-electron chi connectivity index (χ1n) is 3.55. The van der Waals surface area contributed by atoms with Gasteiger partial charge in [-0.25, -0.2) is 0 Å². The van der Waals surface area contributed by atoms with Crippen molar-refractivity contribution in [3.8, 4) is 0 Å². The predicted molar refractivity (Wildman–Crippen MR) is 48.4 cm³/mol. The lowest BCUT2D eigenvalue weighted by Gasteiger charge is -2.08. The van der Waals surface area contributed by atoms with Gasteiger partial charge in [0.15, 0.2) is 0 Å². The molecule has 0 aliphatic rings. The van der Waals surface area contributed by atoms with E-state index in [2.05, 4.69) is 17.1 Å². The summed E-state index contributed by atoms with van der Waals surface area (Å²) in [5.41, 5.74) is 0. The molecular weight excluding hydrogens is 180 g/mol. The second kappa shape index (κ2) is 3.50. The van der Waals surface area contributed by atoms with Crippen molar-refractivity contribution in [3.63, 3.8) is 0 Å². The van der Waals surface area contributed by atoms with E-state index in [1.165, 1.54) is 0 Å². The number of rotatable bonds is 2. The molecule has 11 heavy (non-hydrogen) atoms. The molecule has 0 fully saturated rings. The molecule has 0 aliphatic heterocycles. The molecule has 0 bridgehead atoms. The van der Waals surface area contributed by atoms with Crippen molar-refractivity contribution in [2.75, 3.05) is 0 Å². The maximum atomic E-state index is 5.91. The van der Waals surface area contributed by atoms with Crippen LogP contribution in [0.5, 0.6) is 0 Å². The van der Waals surface area contributed by atoms with Gasteiger partial charge >= 0.3 is 0 Å². The van der Waals surface area contributed by atoms with Gasteiger partial charge in [0.25, 0.3) is 0 Å². The van der Waals surface area contributed by atoms with E-state index in [4.69, 9.17) is 11.6 Å². The molecule has 1 aromatic heterocycles. The van der Waals surface area contributed by atoms with Gasteiger partial charge in [-0.2, -0.15) is 0 Å². The van der Waals surface area contributed by atoms with E-state index in [9.17, 15) is 0 Å². The minimum Gasteiger partial charge on any atom is -0.144 e. The lowest BCUT2D eigenvalue weighted by molar-refractivity contribution is 0.722. The molecule has 0 spiro atoms. The van der Waals surface area contributed by atoms with Crippen LogP contribution in [0.4, 0.5) is 0 Å². The summed E-state index contributed by atoms with van der Waals surface area (Å²) in [6.45, 7) is 5.99. The lowest BCUT2D eigenvalue weighted by Crippen LogP contribution is -2.04. The molecule has 1 aromatic rings. The van der Waals surface area contributed by atoms with Crippen molar-refractivity contribution in [1.29, 1.82) is 0 Å². The van der Waals surface area contributed by atoms with Gasteiger partial charge in [0.2, 0.25) is 0 Å². The summed E-state index contributed by atoms with van der Waals surface area (Å²) in [4.78, 5) is 0. The Kier molecular flexibility index (Phi) is 2.84. The van der Waals surface area contributed by atoms with Gasteiger partial charge in [0, 0.05) is 11.3 Å². The van der Waals surface area contributed by atoms with Gasteiger partial charge in [0.05, 0.1) is 0 Å². The van der Waals surface area contributed by atoms with Gasteiger partial charge in [-0.3, -0.25) is 0 Å². The Labute approximate surface area is 75.6 Å². The Balaban J connectivity index is 2.76. The third-order valence-electron chi connectivity index (χ3n) is 1.62. The van der Waals surface area contributed by atoms with Crippen molar-refractivity contribution in [2.45, 2.75) is 32.1 Å². The lowest BCUT2D eigenvalue weighted by atomic mass is 10.1. The molecule has 2 atom stereocenters. The number of aromatic nitrogens is 2. The minimum absolute atomic E-state index is 0.127. The van der Waals surface area contributed by atoms with Crippen molar-refractivity contribution in [3.05, 3.63) is 10.0 Å². The molecule has 2 unspecified atom stereocenters. The molecule has 0 radical (unpaired) electrons. The molecule has 62 valence electrons. The number of alkyl halides is 1. The van der Waals surface area contributed by atoms with E-state index in [1.54, 1.807) is 11.3 Å². The van der Waals surface area contributed by atoms with Crippen LogP contribution in [0.2, 0.25) is 0 Å². The fourth-order valence-electron chi connectivity index (χ4n) is 0.692. The smallest absolute Gasteiger partial charge is 0.121 e. The molecule has 2 nitrogen and oxygen atoms in total. The third-order valence-corrected chi connectivity index (χ3v) is 3.04. The van der Waals surface area contributed by atoms with Gasteiger partial charge in [-0.15, -0.1) is 33.1 Å². The Bertz CT molecular complexity index is 234. The van der Waals surface area contributed by atoms with Crippen LogP contribution in [0.1, 0.15) is 29.8 Å². The van der Waals surface area contributed by atoms with E-state index < -0.39 is 0 Å². The Morgan fingerprint density at radius 1 is 1.36 bits per heavy atom. The van der Waals surface area contributed by atoms with E-state index in [0.29, 0.717) is 5.92 Å².